The van der Waals surface area contributed by atoms with Crippen molar-refractivity contribution in [2.75, 3.05) is 6.61 Å². The number of carbonyl (C=O) groups excluding carboxylic acids is 1. The second kappa shape index (κ2) is 7.66. The van der Waals surface area contributed by atoms with E-state index in [-0.39, 0.29) is 0 Å². The van der Waals surface area contributed by atoms with Crippen LogP contribution in [-0.4, -0.2) is 12.9 Å². The van der Waals surface area contributed by atoms with E-state index in [9.17, 15) is 4.79 Å². The van der Waals surface area contributed by atoms with Crippen LogP contribution in [0.4, 0.5) is 0 Å². The molecule has 0 radical (unpaired) electrons. The maximum absolute atomic E-state index is 10.9. The molecule has 2 rings (SSSR count). The van der Waals surface area contributed by atoms with Gasteiger partial charge in [-0.25, -0.2) is 0 Å². The second-order valence-electron chi connectivity index (χ2n) is 4.26. The quantitative estimate of drug-likeness (QED) is 0.504. The summed E-state index contributed by atoms with van der Waals surface area (Å²) in [4.78, 5) is 10.9. The normalized spacial score (nSPS) is 10.2. The Balaban J connectivity index is 2.26. The van der Waals surface area contributed by atoms with E-state index in [1.807, 2.05) is 31.2 Å². The molecular weight excluding hydrogens is 403 g/mol. The third-order valence-electron chi connectivity index (χ3n) is 2.80. The van der Waals surface area contributed by atoms with Crippen LogP contribution < -0.4 is 9.47 Å². The molecule has 0 aromatic heterocycles. The average Bonchev–Trinajstić information content (AvgIpc) is 2.48. The van der Waals surface area contributed by atoms with Crippen molar-refractivity contribution in [2.24, 2.45) is 0 Å². The maximum Gasteiger partial charge on any atom is 0.175 e. The number of hydrogen-bond acceptors (Lipinski definition) is 3. The van der Waals surface area contributed by atoms with Gasteiger partial charge in [0.05, 0.1) is 10.2 Å². The molecule has 0 aliphatic rings. The summed E-state index contributed by atoms with van der Waals surface area (Å²) in [6, 6.07) is 11.0. The fourth-order valence-electron chi connectivity index (χ4n) is 1.82. The Bertz CT molecular complexity index is 643. The lowest BCUT2D eigenvalue weighted by atomic mass is 10.2. The van der Waals surface area contributed by atoms with Gasteiger partial charge in [-0.3, -0.25) is 4.79 Å². The summed E-state index contributed by atoms with van der Waals surface area (Å²) in [6.07, 6.45) is 0.794. The molecule has 0 aliphatic carbocycles. The summed E-state index contributed by atoms with van der Waals surface area (Å²) < 4.78 is 12.2. The molecule has 0 unspecified atom stereocenters. The van der Waals surface area contributed by atoms with Crippen LogP contribution in [0, 0.1) is 3.57 Å². The summed E-state index contributed by atoms with van der Waals surface area (Å²) in [5, 5.41) is 0.662. The van der Waals surface area contributed by atoms with Crippen molar-refractivity contribution < 1.29 is 14.3 Å². The van der Waals surface area contributed by atoms with Gasteiger partial charge in [0.15, 0.2) is 11.5 Å². The van der Waals surface area contributed by atoms with Gasteiger partial charge < -0.3 is 9.47 Å². The molecule has 0 saturated heterocycles. The standard InChI is InChI=1S/C16H14ClIO3/c1-2-20-15-8-11(9-19)7-14(18)16(15)21-10-12-5-3-4-6-13(12)17/h3-9H,2,10H2,1H3. The summed E-state index contributed by atoms with van der Waals surface area (Å²) in [7, 11) is 0. The van der Waals surface area contributed by atoms with Crippen LogP contribution in [0.2, 0.25) is 5.02 Å². The number of rotatable bonds is 6. The number of halogens is 2. The average molecular weight is 417 g/mol. The van der Waals surface area contributed by atoms with E-state index < -0.39 is 0 Å². The SMILES string of the molecule is CCOc1cc(C=O)cc(I)c1OCc1ccccc1Cl. The molecular formula is C16H14ClIO3. The van der Waals surface area contributed by atoms with Gasteiger partial charge in [0.25, 0.3) is 0 Å². The number of ether oxygens (including phenoxy) is 2. The summed E-state index contributed by atoms with van der Waals surface area (Å²) in [6.45, 7) is 2.73. The van der Waals surface area contributed by atoms with Crippen molar-refractivity contribution in [3.63, 3.8) is 0 Å². The third-order valence-corrected chi connectivity index (χ3v) is 3.97. The van der Waals surface area contributed by atoms with E-state index in [1.165, 1.54) is 0 Å². The van der Waals surface area contributed by atoms with E-state index in [0.717, 1.165) is 15.4 Å². The largest absolute Gasteiger partial charge is 0.490 e. The maximum atomic E-state index is 10.9. The van der Waals surface area contributed by atoms with Crippen LogP contribution >= 0.6 is 34.2 Å². The molecule has 0 fully saturated rings. The lowest BCUT2D eigenvalue weighted by Crippen LogP contribution is -2.02. The Kier molecular flexibility index (Phi) is 5.87. The second-order valence-corrected chi connectivity index (χ2v) is 5.83. The lowest BCUT2D eigenvalue weighted by molar-refractivity contribution is 0.112. The zero-order valence-electron chi connectivity index (χ0n) is 11.4. The first kappa shape index (κ1) is 16.1. The molecule has 0 spiro atoms. The van der Waals surface area contributed by atoms with E-state index in [4.69, 9.17) is 21.1 Å². The predicted molar refractivity (Wildman–Crippen MR) is 91.5 cm³/mol. The van der Waals surface area contributed by atoms with Crippen molar-refractivity contribution in [2.45, 2.75) is 13.5 Å². The van der Waals surface area contributed by atoms with Crippen molar-refractivity contribution >= 4 is 40.5 Å². The van der Waals surface area contributed by atoms with E-state index in [0.29, 0.717) is 35.3 Å². The predicted octanol–water partition coefficient (Wildman–Crippen LogP) is 4.73. The molecule has 2 aromatic rings. The number of aldehydes is 1. The molecule has 0 saturated carbocycles. The van der Waals surface area contributed by atoms with Gasteiger partial charge in [0.1, 0.15) is 12.9 Å². The van der Waals surface area contributed by atoms with Crippen LogP contribution in [0.15, 0.2) is 36.4 Å². The highest BCUT2D eigenvalue weighted by Gasteiger charge is 2.13. The number of carbonyl (C=O) groups is 1. The fraction of sp³-hybridized carbons (Fsp3) is 0.188. The van der Waals surface area contributed by atoms with Crippen LogP contribution in [0.3, 0.4) is 0 Å². The number of benzene rings is 2. The first-order chi connectivity index (χ1) is 10.2. The van der Waals surface area contributed by atoms with E-state index >= 15 is 0 Å². The monoisotopic (exact) mass is 416 g/mol. The lowest BCUT2D eigenvalue weighted by Gasteiger charge is -2.14. The van der Waals surface area contributed by atoms with Crippen LogP contribution in [-0.2, 0) is 6.61 Å². The van der Waals surface area contributed by atoms with Gasteiger partial charge in [0, 0.05) is 16.1 Å². The first-order valence-electron chi connectivity index (χ1n) is 6.43. The Morgan fingerprint density at radius 1 is 1.24 bits per heavy atom. The third kappa shape index (κ3) is 4.11. The molecule has 2 aromatic carbocycles. The Morgan fingerprint density at radius 2 is 2.00 bits per heavy atom. The molecule has 0 N–H and O–H groups in total. The fourth-order valence-corrected chi connectivity index (χ4v) is 2.80. The van der Waals surface area contributed by atoms with Gasteiger partial charge in [-0.15, -0.1) is 0 Å². The van der Waals surface area contributed by atoms with Crippen molar-refractivity contribution in [3.05, 3.63) is 56.1 Å². The number of hydrogen-bond donors (Lipinski definition) is 0. The molecule has 0 amide bonds. The molecule has 110 valence electrons. The molecule has 0 bridgehead atoms. The van der Waals surface area contributed by atoms with Gasteiger partial charge in [-0.1, -0.05) is 29.8 Å². The molecule has 5 heteroatoms. The molecule has 0 heterocycles. The Morgan fingerprint density at radius 3 is 2.67 bits per heavy atom. The molecule has 0 aliphatic heterocycles. The van der Waals surface area contributed by atoms with E-state index in [2.05, 4.69) is 22.6 Å². The minimum Gasteiger partial charge on any atom is -0.490 e. The van der Waals surface area contributed by atoms with Crippen LogP contribution in [0.1, 0.15) is 22.8 Å². The van der Waals surface area contributed by atoms with Gasteiger partial charge in [-0.2, -0.15) is 0 Å². The molecule has 0 atom stereocenters. The van der Waals surface area contributed by atoms with Gasteiger partial charge >= 0.3 is 0 Å². The first-order valence-corrected chi connectivity index (χ1v) is 7.89. The van der Waals surface area contributed by atoms with Crippen molar-refractivity contribution in [3.8, 4) is 11.5 Å². The smallest absolute Gasteiger partial charge is 0.175 e. The highest BCUT2D eigenvalue weighted by atomic mass is 127. The summed E-state index contributed by atoms with van der Waals surface area (Å²) >= 11 is 8.25. The topological polar surface area (TPSA) is 35.5 Å². The van der Waals surface area contributed by atoms with Gasteiger partial charge in [0.2, 0.25) is 0 Å². The highest BCUT2D eigenvalue weighted by Crippen LogP contribution is 2.34. The summed E-state index contributed by atoms with van der Waals surface area (Å²) in [5.74, 6) is 1.20. The Hall–Kier alpha value is -1.27. The molecule has 21 heavy (non-hydrogen) atoms. The van der Waals surface area contributed by atoms with Gasteiger partial charge in [-0.05, 0) is 47.7 Å². The van der Waals surface area contributed by atoms with Crippen molar-refractivity contribution in [1.29, 1.82) is 0 Å². The zero-order valence-corrected chi connectivity index (χ0v) is 14.3. The highest BCUT2D eigenvalue weighted by molar-refractivity contribution is 14.1. The Labute approximate surface area is 142 Å². The molecule has 3 nitrogen and oxygen atoms in total. The minimum absolute atomic E-state index is 0.343. The van der Waals surface area contributed by atoms with Crippen LogP contribution in [0.25, 0.3) is 0 Å². The summed E-state index contributed by atoms with van der Waals surface area (Å²) in [5.41, 5.74) is 1.46. The zero-order chi connectivity index (χ0) is 15.2. The van der Waals surface area contributed by atoms with Crippen molar-refractivity contribution in [1.82, 2.24) is 0 Å². The van der Waals surface area contributed by atoms with Crippen LogP contribution in [0.5, 0.6) is 11.5 Å². The van der Waals surface area contributed by atoms with E-state index in [1.54, 1.807) is 12.1 Å². The minimum atomic E-state index is 0.343.